The molecule has 1 saturated heterocycles. The zero-order valence-electron chi connectivity index (χ0n) is 10.0. The van der Waals surface area contributed by atoms with Crippen molar-refractivity contribution >= 4 is 5.69 Å². The molecule has 1 aliphatic heterocycles. The predicted octanol–water partition coefficient (Wildman–Crippen LogP) is 1.81. The van der Waals surface area contributed by atoms with Crippen LogP contribution in [0.5, 0.6) is 0 Å². The van der Waals surface area contributed by atoms with Crippen LogP contribution in [0.15, 0.2) is 18.2 Å². The summed E-state index contributed by atoms with van der Waals surface area (Å²) >= 11 is 0. The van der Waals surface area contributed by atoms with E-state index in [4.69, 9.17) is 4.74 Å². The first-order valence-electron chi connectivity index (χ1n) is 5.90. The molecule has 0 spiro atoms. The Labute approximate surface area is 101 Å². The summed E-state index contributed by atoms with van der Waals surface area (Å²) in [4.78, 5) is 0. The minimum absolute atomic E-state index is 0.114. The maximum atomic E-state index is 13.1. The minimum Gasteiger partial charge on any atom is -0.396 e. The van der Waals surface area contributed by atoms with Gasteiger partial charge in [0.1, 0.15) is 5.82 Å². The van der Waals surface area contributed by atoms with Gasteiger partial charge in [0.25, 0.3) is 0 Å². The van der Waals surface area contributed by atoms with Gasteiger partial charge in [-0.1, -0.05) is 6.92 Å². The number of aliphatic hydroxyl groups excluding tert-OH is 1. The molecule has 1 fully saturated rings. The van der Waals surface area contributed by atoms with Crippen molar-refractivity contribution in [1.82, 2.24) is 0 Å². The summed E-state index contributed by atoms with van der Waals surface area (Å²) in [5.41, 5.74) is 1.73. The summed E-state index contributed by atoms with van der Waals surface area (Å²) in [5, 5.41) is 12.6. The standard InChI is InChI=1S/C13H18FNO2/c1-2-10-5-11(14)3-4-12(10)15-6-13(7-16)8-17-9-13/h3-5,15-16H,2,6-9H2,1H3. The maximum absolute atomic E-state index is 13.1. The van der Waals surface area contributed by atoms with Crippen LogP contribution in [0, 0.1) is 11.2 Å². The smallest absolute Gasteiger partial charge is 0.123 e. The monoisotopic (exact) mass is 239 g/mol. The third-order valence-electron chi connectivity index (χ3n) is 3.25. The lowest BCUT2D eigenvalue weighted by Crippen LogP contribution is -2.50. The molecule has 3 nitrogen and oxygen atoms in total. The number of rotatable bonds is 5. The summed E-state index contributed by atoms with van der Waals surface area (Å²) in [7, 11) is 0. The van der Waals surface area contributed by atoms with Gasteiger partial charge in [0.05, 0.1) is 25.2 Å². The van der Waals surface area contributed by atoms with E-state index >= 15 is 0 Å². The predicted molar refractivity (Wildman–Crippen MR) is 64.6 cm³/mol. The average Bonchev–Trinajstić information content (AvgIpc) is 2.29. The minimum atomic E-state index is -0.212. The fraction of sp³-hybridized carbons (Fsp3) is 0.538. The van der Waals surface area contributed by atoms with Crippen molar-refractivity contribution in [3.63, 3.8) is 0 Å². The van der Waals surface area contributed by atoms with E-state index in [0.717, 1.165) is 17.7 Å². The Morgan fingerprint density at radius 1 is 1.47 bits per heavy atom. The normalized spacial score (nSPS) is 17.6. The Hall–Kier alpha value is -1.13. The molecule has 2 N–H and O–H groups in total. The van der Waals surface area contributed by atoms with E-state index in [0.29, 0.717) is 19.8 Å². The highest BCUT2D eigenvalue weighted by Crippen LogP contribution is 2.28. The molecule has 0 unspecified atom stereocenters. The van der Waals surface area contributed by atoms with Crippen LogP contribution in [0.4, 0.5) is 10.1 Å². The fourth-order valence-corrected chi connectivity index (χ4v) is 1.95. The van der Waals surface area contributed by atoms with Gasteiger partial charge in [-0.2, -0.15) is 0 Å². The molecule has 0 amide bonds. The first-order chi connectivity index (χ1) is 8.19. The summed E-state index contributed by atoms with van der Waals surface area (Å²) in [6, 6.07) is 4.74. The van der Waals surface area contributed by atoms with Crippen LogP contribution in [0.1, 0.15) is 12.5 Å². The van der Waals surface area contributed by atoms with E-state index in [2.05, 4.69) is 5.32 Å². The van der Waals surface area contributed by atoms with Crippen molar-refractivity contribution in [2.24, 2.45) is 5.41 Å². The number of halogens is 1. The molecule has 1 aliphatic rings. The molecule has 0 aliphatic carbocycles. The van der Waals surface area contributed by atoms with Gasteiger partial charge in [0.2, 0.25) is 0 Å². The Bertz CT molecular complexity index is 385. The Kier molecular flexibility index (Phi) is 3.64. The lowest BCUT2D eigenvalue weighted by atomic mass is 9.87. The van der Waals surface area contributed by atoms with Crippen LogP contribution in [0.25, 0.3) is 0 Å². The van der Waals surface area contributed by atoms with Crippen molar-refractivity contribution in [2.75, 3.05) is 31.7 Å². The van der Waals surface area contributed by atoms with Crippen molar-refractivity contribution in [1.29, 1.82) is 0 Å². The Morgan fingerprint density at radius 2 is 2.24 bits per heavy atom. The summed E-state index contributed by atoms with van der Waals surface area (Å²) in [5.74, 6) is -0.212. The van der Waals surface area contributed by atoms with E-state index in [-0.39, 0.29) is 17.8 Å². The molecule has 94 valence electrons. The van der Waals surface area contributed by atoms with Crippen molar-refractivity contribution in [3.05, 3.63) is 29.6 Å². The molecule has 0 radical (unpaired) electrons. The number of hydrogen-bond acceptors (Lipinski definition) is 3. The summed E-state index contributed by atoms with van der Waals surface area (Å²) in [6.45, 7) is 3.93. The van der Waals surface area contributed by atoms with Gasteiger partial charge >= 0.3 is 0 Å². The van der Waals surface area contributed by atoms with Crippen LogP contribution < -0.4 is 5.32 Å². The third kappa shape index (κ3) is 2.58. The van der Waals surface area contributed by atoms with E-state index in [1.54, 1.807) is 12.1 Å². The van der Waals surface area contributed by atoms with E-state index in [1.165, 1.54) is 6.07 Å². The highest BCUT2D eigenvalue weighted by atomic mass is 19.1. The molecule has 0 saturated carbocycles. The molecule has 0 atom stereocenters. The molecule has 2 rings (SSSR count). The summed E-state index contributed by atoms with van der Waals surface area (Å²) in [6.07, 6.45) is 0.780. The lowest BCUT2D eigenvalue weighted by molar-refractivity contribution is -0.128. The van der Waals surface area contributed by atoms with Gasteiger partial charge in [-0.3, -0.25) is 0 Å². The largest absolute Gasteiger partial charge is 0.396 e. The number of anilines is 1. The highest BCUT2D eigenvalue weighted by molar-refractivity contribution is 5.51. The van der Waals surface area contributed by atoms with Gasteiger partial charge in [0.15, 0.2) is 0 Å². The fourth-order valence-electron chi connectivity index (χ4n) is 1.95. The van der Waals surface area contributed by atoms with Gasteiger partial charge in [-0.15, -0.1) is 0 Å². The molecule has 1 heterocycles. The van der Waals surface area contributed by atoms with Crippen LogP contribution in [0.2, 0.25) is 0 Å². The van der Waals surface area contributed by atoms with Crippen LogP contribution in [0.3, 0.4) is 0 Å². The van der Waals surface area contributed by atoms with Crippen LogP contribution in [-0.2, 0) is 11.2 Å². The SMILES string of the molecule is CCc1cc(F)ccc1NCC1(CO)COC1. The van der Waals surface area contributed by atoms with E-state index in [9.17, 15) is 9.50 Å². The molecule has 1 aromatic rings. The van der Waals surface area contributed by atoms with Crippen molar-refractivity contribution in [3.8, 4) is 0 Å². The van der Waals surface area contributed by atoms with Gasteiger partial charge in [-0.25, -0.2) is 4.39 Å². The second kappa shape index (κ2) is 5.02. The average molecular weight is 239 g/mol. The Balaban J connectivity index is 2.03. The molecular weight excluding hydrogens is 221 g/mol. The molecular formula is C13H18FNO2. The first kappa shape index (κ1) is 12.3. The maximum Gasteiger partial charge on any atom is 0.123 e. The van der Waals surface area contributed by atoms with Crippen LogP contribution >= 0.6 is 0 Å². The van der Waals surface area contributed by atoms with Gasteiger partial charge < -0.3 is 15.2 Å². The van der Waals surface area contributed by atoms with Crippen molar-refractivity contribution in [2.45, 2.75) is 13.3 Å². The second-order valence-electron chi connectivity index (χ2n) is 4.66. The number of benzene rings is 1. The quantitative estimate of drug-likeness (QED) is 0.823. The number of nitrogens with one attached hydrogen (secondary N) is 1. The highest BCUT2D eigenvalue weighted by Gasteiger charge is 2.37. The van der Waals surface area contributed by atoms with Gasteiger partial charge in [-0.05, 0) is 30.2 Å². The Morgan fingerprint density at radius 3 is 2.76 bits per heavy atom. The zero-order chi connectivity index (χ0) is 12.3. The lowest BCUT2D eigenvalue weighted by Gasteiger charge is -2.40. The zero-order valence-corrected chi connectivity index (χ0v) is 10.0. The van der Waals surface area contributed by atoms with Crippen LogP contribution in [-0.4, -0.2) is 31.5 Å². The number of aryl methyl sites for hydroxylation is 1. The second-order valence-corrected chi connectivity index (χ2v) is 4.66. The number of aliphatic hydroxyl groups is 1. The molecule has 1 aromatic carbocycles. The number of ether oxygens (including phenoxy) is 1. The van der Waals surface area contributed by atoms with Gasteiger partial charge in [0, 0.05) is 12.2 Å². The van der Waals surface area contributed by atoms with E-state index < -0.39 is 0 Å². The van der Waals surface area contributed by atoms with E-state index in [1.807, 2.05) is 6.92 Å². The molecule has 0 bridgehead atoms. The third-order valence-corrected chi connectivity index (χ3v) is 3.25. The number of hydrogen-bond donors (Lipinski definition) is 2. The first-order valence-corrected chi connectivity index (χ1v) is 5.90. The summed E-state index contributed by atoms with van der Waals surface area (Å²) < 4.78 is 18.2. The molecule has 0 aromatic heterocycles. The molecule has 4 heteroatoms. The topological polar surface area (TPSA) is 41.5 Å². The molecule has 17 heavy (non-hydrogen) atoms. The van der Waals surface area contributed by atoms with Crippen molar-refractivity contribution < 1.29 is 14.2 Å².